The Morgan fingerprint density at radius 1 is 1.18 bits per heavy atom. The molecule has 0 aliphatic carbocycles. The summed E-state index contributed by atoms with van der Waals surface area (Å²) in [7, 11) is -4.13. The molecule has 2 aromatic rings. The fourth-order valence-corrected chi connectivity index (χ4v) is 5.72. The minimum absolute atomic E-state index is 0.0664. The van der Waals surface area contributed by atoms with Gasteiger partial charge in [-0.25, -0.2) is 17.5 Å². The van der Waals surface area contributed by atoms with Gasteiger partial charge in [0.25, 0.3) is 15.9 Å². The predicted molar refractivity (Wildman–Crippen MR) is 147 cm³/mol. The molecule has 12 heteroatoms. The molecule has 10 nitrogen and oxygen atoms in total. The minimum Gasteiger partial charge on any atom is -0.493 e. The van der Waals surface area contributed by atoms with E-state index in [1.807, 2.05) is 9.62 Å². The molecule has 1 fully saturated rings. The zero-order valence-electron chi connectivity index (χ0n) is 22.8. The fourth-order valence-electron chi connectivity index (χ4n) is 4.59. The van der Waals surface area contributed by atoms with Gasteiger partial charge >= 0.3 is 0 Å². The van der Waals surface area contributed by atoms with E-state index in [-0.39, 0.29) is 29.6 Å². The number of ether oxygens (including phenoxy) is 1. The monoisotopic (exact) mass is 576 g/mol. The third-order valence-electron chi connectivity index (χ3n) is 6.49. The number of nitrogens with zero attached hydrogens (tertiary/aromatic N) is 1. The summed E-state index contributed by atoms with van der Waals surface area (Å²) in [5.74, 6) is -1.33. The number of benzene rings is 2. The van der Waals surface area contributed by atoms with Gasteiger partial charge in [0.2, 0.25) is 11.8 Å². The van der Waals surface area contributed by atoms with E-state index >= 15 is 0 Å². The summed E-state index contributed by atoms with van der Waals surface area (Å²) in [5.41, 5.74) is 7.24. The highest BCUT2D eigenvalue weighted by Crippen LogP contribution is 2.20. The zero-order valence-corrected chi connectivity index (χ0v) is 23.6. The second-order valence-corrected chi connectivity index (χ2v) is 11.7. The number of halogens is 1. The number of carbonyl (C=O) groups is 3. The van der Waals surface area contributed by atoms with Gasteiger partial charge in [-0.15, -0.1) is 0 Å². The van der Waals surface area contributed by atoms with Crippen molar-refractivity contribution in [3.63, 3.8) is 0 Å². The van der Waals surface area contributed by atoms with Crippen LogP contribution in [0.15, 0.2) is 47.4 Å². The van der Waals surface area contributed by atoms with Crippen LogP contribution in [0.4, 0.5) is 4.39 Å². The number of aryl methyl sites for hydroxylation is 1. The van der Waals surface area contributed by atoms with Crippen molar-refractivity contribution < 1.29 is 31.9 Å². The molecule has 3 rings (SSSR count). The Kier molecular flexibility index (Phi) is 11.0. The average Bonchev–Trinajstić information content (AvgIpc) is 3.27. The average molecular weight is 577 g/mol. The maximum atomic E-state index is 14.4. The SMILES string of the molecule is CC(=O)N[C@@H](Cc1cc(F)cc(OCCCCN2CCCC2=O)c1)C[C@H](N)C(=O)NS(=O)(=O)c1cccc(C)c1. The lowest BCUT2D eigenvalue weighted by Gasteiger charge is -2.22. The molecule has 0 radical (unpaired) electrons. The Morgan fingerprint density at radius 3 is 2.62 bits per heavy atom. The maximum absolute atomic E-state index is 14.4. The van der Waals surface area contributed by atoms with E-state index in [2.05, 4.69) is 5.32 Å². The van der Waals surface area contributed by atoms with Gasteiger partial charge in [0.15, 0.2) is 0 Å². The van der Waals surface area contributed by atoms with Crippen molar-refractivity contribution in [1.82, 2.24) is 14.9 Å². The van der Waals surface area contributed by atoms with Crippen molar-refractivity contribution in [2.45, 2.75) is 69.4 Å². The number of amides is 3. The number of rotatable bonds is 14. The topological polar surface area (TPSA) is 148 Å². The van der Waals surface area contributed by atoms with E-state index in [1.54, 1.807) is 25.1 Å². The molecule has 1 saturated heterocycles. The quantitative estimate of drug-likeness (QED) is 0.292. The number of nitrogens with two attached hydrogens (primary N) is 1. The molecule has 0 aromatic heterocycles. The summed E-state index contributed by atoms with van der Waals surface area (Å²) in [6.45, 7) is 4.84. The Bertz CT molecular complexity index is 1320. The van der Waals surface area contributed by atoms with Crippen LogP contribution in [-0.2, 0) is 30.8 Å². The molecule has 0 bridgehead atoms. The first-order valence-corrected chi connectivity index (χ1v) is 14.8. The van der Waals surface area contributed by atoms with E-state index in [1.165, 1.54) is 31.2 Å². The van der Waals surface area contributed by atoms with E-state index in [0.29, 0.717) is 42.9 Å². The van der Waals surface area contributed by atoms with Crippen LogP contribution in [0.3, 0.4) is 0 Å². The molecule has 4 N–H and O–H groups in total. The van der Waals surface area contributed by atoms with Crippen molar-refractivity contribution in [3.05, 3.63) is 59.4 Å². The van der Waals surface area contributed by atoms with Crippen LogP contribution >= 0.6 is 0 Å². The largest absolute Gasteiger partial charge is 0.493 e. The lowest BCUT2D eigenvalue weighted by molar-refractivity contribution is -0.127. The molecule has 2 aromatic carbocycles. The van der Waals surface area contributed by atoms with Crippen LogP contribution in [-0.4, -0.2) is 62.8 Å². The second kappa shape index (κ2) is 14.2. The molecular formula is C28H37FN4O6S. The van der Waals surface area contributed by atoms with E-state index in [4.69, 9.17) is 10.5 Å². The molecule has 218 valence electrons. The van der Waals surface area contributed by atoms with E-state index < -0.39 is 33.8 Å². The van der Waals surface area contributed by atoms with Crippen LogP contribution in [0.25, 0.3) is 0 Å². The van der Waals surface area contributed by atoms with Crippen molar-refractivity contribution in [2.75, 3.05) is 19.7 Å². The Balaban J connectivity index is 1.57. The summed E-state index contributed by atoms with van der Waals surface area (Å²) >= 11 is 0. The minimum atomic E-state index is -4.13. The smallest absolute Gasteiger partial charge is 0.264 e. The van der Waals surface area contributed by atoms with E-state index in [9.17, 15) is 27.2 Å². The lowest BCUT2D eigenvalue weighted by Crippen LogP contribution is -2.48. The zero-order chi connectivity index (χ0) is 29.3. The molecular weight excluding hydrogens is 539 g/mol. The third-order valence-corrected chi connectivity index (χ3v) is 7.84. The van der Waals surface area contributed by atoms with Gasteiger partial charge in [0.05, 0.1) is 17.5 Å². The van der Waals surface area contributed by atoms with Crippen molar-refractivity contribution in [2.24, 2.45) is 5.73 Å². The summed E-state index contributed by atoms with van der Waals surface area (Å²) in [4.78, 5) is 37.9. The fraction of sp³-hybridized carbons (Fsp3) is 0.464. The molecule has 0 unspecified atom stereocenters. The van der Waals surface area contributed by atoms with Gasteiger partial charge in [0, 0.05) is 38.5 Å². The second-order valence-electron chi connectivity index (χ2n) is 10.1. The molecule has 0 spiro atoms. The van der Waals surface area contributed by atoms with Crippen molar-refractivity contribution in [3.8, 4) is 5.75 Å². The Hall–Kier alpha value is -3.51. The number of hydrogen-bond donors (Lipinski definition) is 3. The maximum Gasteiger partial charge on any atom is 0.264 e. The Labute approximate surface area is 234 Å². The van der Waals surface area contributed by atoms with Gasteiger partial charge in [-0.1, -0.05) is 12.1 Å². The van der Waals surface area contributed by atoms with Crippen LogP contribution < -0.4 is 20.5 Å². The first-order valence-electron chi connectivity index (χ1n) is 13.3. The summed E-state index contributed by atoms with van der Waals surface area (Å²) < 4.78 is 47.3. The number of likely N-dealkylation sites (tertiary alicyclic amines) is 1. The number of nitrogens with one attached hydrogen (secondary N) is 2. The van der Waals surface area contributed by atoms with Gasteiger partial charge in [-0.2, -0.15) is 0 Å². The normalized spacial score (nSPS) is 15.0. The molecule has 0 saturated carbocycles. The summed E-state index contributed by atoms with van der Waals surface area (Å²) in [5, 5.41) is 2.70. The molecule has 1 aliphatic heterocycles. The number of unbranched alkanes of at least 4 members (excludes halogenated alkanes) is 1. The summed E-state index contributed by atoms with van der Waals surface area (Å²) in [6.07, 6.45) is 3.01. The van der Waals surface area contributed by atoms with Crippen LogP contribution in [0, 0.1) is 12.7 Å². The Morgan fingerprint density at radius 2 is 1.95 bits per heavy atom. The first kappa shape index (κ1) is 31.0. The third kappa shape index (κ3) is 9.60. The molecule has 1 heterocycles. The highest BCUT2D eigenvalue weighted by Gasteiger charge is 2.26. The summed E-state index contributed by atoms with van der Waals surface area (Å²) in [6, 6.07) is 8.36. The van der Waals surface area contributed by atoms with Crippen molar-refractivity contribution in [1.29, 1.82) is 0 Å². The van der Waals surface area contributed by atoms with E-state index in [0.717, 1.165) is 19.4 Å². The molecule has 40 heavy (non-hydrogen) atoms. The first-order chi connectivity index (χ1) is 18.9. The van der Waals surface area contributed by atoms with Gasteiger partial charge in [-0.05, 0) is 74.4 Å². The molecule has 3 amide bonds. The molecule has 1 aliphatic rings. The van der Waals surface area contributed by atoms with Crippen molar-refractivity contribution >= 4 is 27.7 Å². The van der Waals surface area contributed by atoms with Crippen LogP contribution in [0.5, 0.6) is 5.75 Å². The van der Waals surface area contributed by atoms with Gasteiger partial charge in [0.1, 0.15) is 11.6 Å². The van der Waals surface area contributed by atoms with Crippen LogP contribution in [0.1, 0.15) is 50.2 Å². The van der Waals surface area contributed by atoms with Gasteiger partial charge in [-0.3, -0.25) is 14.4 Å². The highest BCUT2D eigenvalue weighted by molar-refractivity contribution is 7.90. The molecule has 2 atom stereocenters. The number of hydrogen-bond acceptors (Lipinski definition) is 7. The number of sulfonamides is 1. The predicted octanol–water partition coefficient (Wildman–Crippen LogP) is 2.19. The van der Waals surface area contributed by atoms with Gasteiger partial charge < -0.3 is 20.7 Å². The lowest BCUT2D eigenvalue weighted by atomic mass is 9.99. The number of carbonyl (C=O) groups excluding carboxylic acids is 3. The van der Waals surface area contributed by atoms with Crippen LogP contribution in [0.2, 0.25) is 0 Å². The standard InChI is InChI=1S/C28H37FN4O6S/c1-19-7-5-8-25(13-19)40(37,38)32-28(36)26(30)18-23(31-20(2)34)15-21-14-22(29)17-24(16-21)39-12-4-3-10-33-11-6-9-27(33)35/h5,7-8,13-14,16-17,23,26H,3-4,6,9-12,15,18,30H2,1-2H3,(H,31,34)(H,32,36)/t23-,26-/m0/s1. The highest BCUT2D eigenvalue weighted by atomic mass is 32.2.